The molecule has 2 heterocycles. The van der Waals surface area contributed by atoms with Crippen molar-refractivity contribution in [2.24, 2.45) is 0 Å². The van der Waals surface area contributed by atoms with Crippen LogP contribution in [-0.4, -0.2) is 63.0 Å². The summed E-state index contributed by atoms with van der Waals surface area (Å²) >= 11 is 0. The van der Waals surface area contributed by atoms with Gasteiger partial charge in [-0.2, -0.15) is 17.0 Å². The quantitative estimate of drug-likeness (QED) is 0.822. The summed E-state index contributed by atoms with van der Waals surface area (Å²) in [5, 5.41) is 0. The largest absolute Gasteiger partial charge is 0.379 e. The average molecular weight is 330 g/mol. The Morgan fingerprint density at radius 1 is 1.00 bits per heavy atom. The monoisotopic (exact) mass is 330 g/mol. The van der Waals surface area contributed by atoms with Crippen LogP contribution in [0.3, 0.4) is 0 Å². The molecule has 1 aromatic carbocycles. The number of halogens is 1. The molecule has 2 saturated heterocycles. The van der Waals surface area contributed by atoms with Gasteiger partial charge in [-0.25, -0.2) is 4.39 Å². The Kier molecular flexibility index (Phi) is 4.74. The minimum absolute atomic E-state index is 0.241. The number of nitrogens with zero attached hydrogens (tertiary/aromatic N) is 2. The molecule has 0 unspecified atom stereocenters. The van der Waals surface area contributed by atoms with Crippen molar-refractivity contribution in [2.75, 3.05) is 46.0 Å². The van der Waals surface area contributed by atoms with Crippen LogP contribution in [0.25, 0.3) is 0 Å². The number of hydrogen-bond donors (Lipinski definition) is 0. The first-order valence-electron chi connectivity index (χ1n) is 7.27. The van der Waals surface area contributed by atoms with E-state index in [0.29, 0.717) is 39.5 Å². The lowest BCUT2D eigenvalue weighted by molar-refractivity contribution is -0.00621. The molecule has 2 fully saturated rings. The highest BCUT2D eigenvalue weighted by molar-refractivity contribution is 7.86. The third-order valence-corrected chi connectivity index (χ3v) is 5.90. The predicted octanol–water partition coefficient (Wildman–Crippen LogP) is 0.776. The van der Waals surface area contributed by atoms with Crippen LogP contribution in [0, 0.1) is 5.82 Å². The van der Waals surface area contributed by atoms with E-state index in [1.165, 1.54) is 20.7 Å². The van der Waals surface area contributed by atoms with Crippen molar-refractivity contribution in [3.63, 3.8) is 0 Å². The molecule has 3 rings (SSSR count). The van der Waals surface area contributed by atoms with Crippen LogP contribution in [0.15, 0.2) is 24.3 Å². The van der Waals surface area contributed by atoms with Crippen LogP contribution < -0.4 is 0 Å². The SMILES string of the molecule is O=S(=O)(N1CCOCC1)N1CCO[C@@H](c2ccc(F)cc2)C1. The number of hydrogen-bond acceptors (Lipinski definition) is 4. The maximum absolute atomic E-state index is 13.0. The van der Waals surface area contributed by atoms with Crippen molar-refractivity contribution in [3.8, 4) is 0 Å². The fraction of sp³-hybridized carbons (Fsp3) is 0.571. The zero-order valence-corrected chi connectivity index (χ0v) is 13.0. The van der Waals surface area contributed by atoms with Crippen LogP contribution in [0.5, 0.6) is 0 Å². The van der Waals surface area contributed by atoms with Crippen LogP contribution in [-0.2, 0) is 19.7 Å². The zero-order chi connectivity index (χ0) is 15.6. The van der Waals surface area contributed by atoms with Crippen molar-refractivity contribution >= 4 is 10.2 Å². The highest BCUT2D eigenvalue weighted by Gasteiger charge is 2.35. The molecule has 0 saturated carbocycles. The van der Waals surface area contributed by atoms with E-state index in [1.54, 1.807) is 12.1 Å². The molecule has 2 aliphatic rings. The second-order valence-corrected chi connectivity index (χ2v) is 7.22. The maximum Gasteiger partial charge on any atom is 0.282 e. The predicted molar refractivity (Wildman–Crippen MR) is 78.0 cm³/mol. The molecule has 0 aromatic heterocycles. The van der Waals surface area contributed by atoms with E-state index in [2.05, 4.69) is 0 Å². The van der Waals surface area contributed by atoms with Gasteiger partial charge in [0.1, 0.15) is 5.82 Å². The third kappa shape index (κ3) is 3.31. The molecule has 6 nitrogen and oxygen atoms in total. The molecule has 0 aliphatic carbocycles. The number of ether oxygens (including phenoxy) is 2. The molecule has 122 valence electrons. The molecule has 0 spiro atoms. The van der Waals surface area contributed by atoms with Gasteiger partial charge >= 0.3 is 0 Å². The Morgan fingerprint density at radius 2 is 1.64 bits per heavy atom. The minimum atomic E-state index is -3.50. The fourth-order valence-corrected chi connectivity index (χ4v) is 4.22. The molecular formula is C14H19FN2O4S. The summed E-state index contributed by atoms with van der Waals surface area (Å²) in [4.78, 5) is 0. The number of morpholine rings is 2. The van der Waals surface area contributed by atoms with Crippen LogP contribution in [0.2, 0.25) is 0 Å². The Morgan fingerprint density at radius 3 is 2.32 bits per heavy atom. The number of rotatable bonds is 3. The summed E-state index contributed by atoms with van der Waals surface area (Å²) in [6, 6.07) is 5.97. The van der Waals surface area contributed by atoms with Crippen LogP contribution >= 0.6 is 0 Å². The first-order chi connectivity index (χ1) is 10.6. The van der Waals surface area contributed by atoms with Gasteiger partial charge in [-0.1, -0.05) is 12.1 Å². The van der Waals surface area contributed by atoms with Gasteiger partial charge in [0.25, 0.3) is 10.2 Å². The van der Waals surface area contributed by atoms with Gasteiger partial charge in [0.2, 0.25) is 0 Å². The summed E-state index contributed by atoms with van der Waals surface area (Å²) in [5.41, 5.74) is 0.781. The highest BCUT2D eigenvalue weighted by atomic mass is 32.2. The summed E-state index contributed by atoms with van der Waals surface area (Å²) in [6.45, 7) is 2.49. The van der Waals surface area contributed by atoms with Gasteiger partial charge in [-0.05, 0) is 17.7 Å². The van der Waals surface area contributed by atoms with Crippen molar-refractivity contribution < 1.29 is 22.3 Å². The van der Waals surface area contributed by atoms with Gasteiger partial charge in [-0.15, -0.1) is 0 Å². The standard InChI is InChI=1S/C14H19FN2O4S/c15-13-3-1-12(2-4-13)14-11-17(7-10-21-14)22(18,19)16-5-8-20-9-6-16/h1-4,14H,5-11H2/t14-/m1/s1. The molecule has 0 N–H and O–H groups in total. The van der Waals surface area contributed by atoms with E-state index in [4.69, 9.17) is 9.47 Å². The Labute approximate surface area is 129 Å². The van der Waals surface area contributed by atoms with Gasteiger partial charge in [0, 0.05) is 26.2 Å². The van der Waals surface area contributed by atoms with Crippen LogP contribution in [0.1, 0.15) is 11.7 Å². The lowest BCUT2D eigenvalue weighted by Crippen LogP contribution is -2.52. The van der Waals surface area contributed by atoms with Crippen molar-refractivity contribution in [2.45, 2.75) is 6.10 Å². The molecule has 1 atom stereocenters. The molecule has 8 heteroatoms. The molecule has 0 radical (unpaired) electrons. The Balaban J connectivity index is 1.73. The topological polar surface area (TPSA) is 59.1 Å². The van der Waals surface area contributed by atoms with Gasteiger partial charge < -0.3 is 9.47 Å². The molecule has 0 amide bonds. The smallest absolute Gasteiger partial charge is 0.282 e. The van der Waals surface area contributed by atoms with Crippen molar-refractivity contribution in [1.82, 2.24) is 8.61 Å². The third-order valence-electron chi connectivity index (χ3n) is 3.89. The Bertz CT molecular complexity index is 602. The summed E-state index contributed by atoms with van der Waals surface area (Å²) in [6.07, 6.45) is -0.370. The summed E-state index contributed by atoms with van der Waals surface area (Å²) in [7, 11) is -3.50. The molecular weight excluding hydrogens is 311 g/mol. The van der Waals surface area contributed by atoms with Gasteiger partial charge in [0.05, 0.1) is 25.9 Å². The van der Waals surface area contributed by atoms with E-state index in [0.717, 1.165) is 5.56 Å². The lowest BCUT2D eigenvalue weighted by Gasteiger charge is -2.36. The minimum Gasteiger partial charge on any atom is -0.379 e. The maximum atomic E-state index is 13.0. The average Bonchev–Trinajstić information content (AvgIpc) is 2.56. The highest BCUT2D eigenvalue weighted by Crippen LogP contribution is 2.25. The van der Waals surface area contributed by atoms with Gasteiger partial charge in [0.15, 0.2) is 0 Å². The van der Waals surface area contributed by atoms with Gasteiger partial charge in [-0.3, -0.25) is 0 Å². The summed E-state index contributed by atoms with van der Waals surface area (Å²) < 4.78 is 52.0. The van der Waals surface area contributed by atoms with Crippen LogP contribution in [0.4, 0.5) is 4.39 Å². The number of benzene rings is 1. The lowest BCUT2D eigenvalue weighted by atomic mass is 10.1. The van der Waals surface area contributed by atoms with Crippen molar-refractivity contribution in [1.29, 1.82) is 0 Å². The molecule has 2 aliphatic heterocycles. The van der Waals surface area contributed by atoms with E-state index in [9.17, 15) is 12.8 Å². The normalized spacial score (nSPS) is 25.2. The van der Waals surface area contributed by atoms with E-state index in [-0.39, 0.29) is 18.5 Å². The molecule has 1 aromatic rings. The first kappa shape index (κ1) is 15.8. The van der Waals surface area contributed by atoms with Crippen molar-refractivity contribution in [3.05, 3.63) is 35.6 Å². The fourth-order valence-electron chi connectivity index (χ4n) is 2.65. The van der Waals surface area contributed by atoms with E-state index >= 15 is 0 Å². The van der Waals surface area contributed by atoms with E-state index in [1.807, 2.05) is 0 Å². The summed E-state index contributed by atoms with van der Waals surface area (Å²) in [5.74, 6) is -0.322. The first-order valence-corrected chi connectivity index (χ1v) is 8.67. The Hall–Kier alpha value is -1.06. The second-order valence-electron chi connectivity index (χ2n) is 5.29. The molecule has 22 heavy (non-hydrogen) atoms. The zero-order valence-electron chi connectivity index (χ0n) is 12.2. The second kappa shape index (κ2) is 6.59. The molecule has 0 bridgehead atoms. The van der Waals surface area contributed by atoms with E-state index < -0.39 is 10.2 Å².